The standard InChI is InChI=1S/C9H9BrN4O.C7H4BrN3O2/c1-2-11-9(15)5-3-12-8-7(5)14-6(10)4-13-8;8-4-2-10-6-5(11-4)3(1-9-6)7(12)13/h3-4H,2H2,1H3,(H,11,15)(H,12,13);1-2H,(H,9,10)(H,12,13). The molecule has 0 atom stereocenters. The molecule has 28 heavy (non-hydrogen) atoms. The van der Waals surface area contributed by atoms with Gasteiger partial charge in [-0.05, 0) is 38.8 Å². The number of nitrogens with zero attached hydrogens (tertiary/aromatic N) is 4. The molecule has 0 aliphatic rings. The summed E-state index contributed by atoms with van der Waals surface area (Å²) in [6, 6.07) is 0. The van der Waals surface area contributed by atoms with Crippen molar-refractivity contribution in [1.29, 1.82) is 0 Å². The number of amides is 1. The maximum atomic E-state index is 11.6. The van der Waals surface area contributed by atoms with Crippen LogP contribution in [0.15, 0.2) is 34.0 Å². The van der Waals surface area contributed by atoms with Crippen molar-refractivity contribution in [1.82, 2.24) is 35.2 Å². The van der Waals surface area contributed by atoms with Gasteiger partial charge in [-0.25, -0.2) is 24.7 Å². The van der Waals surface area contributed by atoms with Crippen LogP contribution in [0.4, 0.5) is 0 Å². The van der Waals surface area contributed by atoms with Crippen LogP contribution in [0.1, 0.15) is 27.6 Å². The maximum Gasteiger partial charge on any atom is 0.339 e. The number of aromatic nitrogens is 6. The summed E-state index contributed by atoms with van der Waals surface area (Å²) in [6.07, 6.45) is 6.08. The Morgan fingerprint density at radius 2 is 1.50 bits per heavy atom. The second-order valence-electron chi connectivity index (χ2n) is 5.35. The van der Waals surface area contributed by atoms with Crippen LogP contribution in [0.5, 0.6) is 0 Å². The molecule has 1 amide bonds. The van der Waals surface area contributed by atoms with E-state index in [1.807, 2.05) is 6.92 Å². The van der Waals surface area contributed by atoms with Crippen LogP contribution in [0, 0.1) is 0 Å². The second kappa shape index (κ2) is 8.44. The lowest BCUT2D eigenvalue weighted by molar-refractivity contribution is 0.0698. The molecule has 0 aliphatic carbocycles. The minimum Gasteiger partial charge on any atom is -0.478 e. The molecule has 4 aromatic heterocycles. The summed E-state index contributed by atoms with van der Waals surface area (Å²) in [7, 11) is 0. The van der Waals surface area contributed by atoms with Crippen molar-refractivity contribution in [2.45, 2.75) is 6.92 Å². The van der Waals surface area contributed by atoms with Gasteiger partial charge >= 0.3 is 5.97 Å². The Labute approximate surface area is 174 Å². The van der Waals surface area contributed by atoms with E-state index in [0.717, 1.165) is 0 Å². The van der Waals surface area contributed by atoms with Crippen LogP contribution in [-0.2, 0) is 0 Å². The molecule has 0 aromatic carbocycles. The smallest absolute Gasteiger partial charge is 0.339 e. The number of nitrogens with one attached hydrogen (secondary N) is 3. The zero-order chi connectivity index (χ0) is 20.3. The highest BCUT2D eigenvalue weighted by molar-refractivity contribution is 9.10. The molecule has 0 saturated heterocycles. The van der Waals surface area contributed by atoms with Crippen molar-refractivity contribution in [3.8, 4) is 0 Å². The molecule has 4 heterocycles. The fourth-order valence-corrected chi connectivity index (χ4v) is 2.89. The van der Waals surface area contributed by atoms with Crippen LogP contribution >= 0.6 is 31.9 Å². The molecule has 4 rings (SSSR count). The van der Waals surface area contributed by atoms with Gasteiger partial charge in [-0.15, -0.1) is 0 Å². The van der Waals surface area contributed by atoms with E-state index in [-0.39, 0.29) is 11.5 Å². The molecule has 0 unspecified atom stereocenters. The molecule has 0 fully saturated rings. The van der Waals surface area contributed by atoms with Crippen LogP contribution in [0.3, 0.4) is 0 Å². The average molecular weight is 511 g/mol. The first-order valence-corrected chi connectivity index (χ1v) is 9.50. The van der Waals surface area contributed by atoms with Crippen molar-refractivity contribution < 1.29 is 14.7 Å². The van der Waals surface area contributed by atoms with E-state index in [4.69, 9.17) is 5.11 Å². The van der Waals surface area contributed by atoms with E-state index in [0.29, 0.717) is 43.6 Å². The SMILES string of the molecule is CCNC(=O)c1c[nH]c2ncc(Br)nc12.O=C(O)c1c[nH]c2ncc(Br)nc12. The zero-order valence-electron chi connectivity index (χ0n) is 14.3. The number of carboxylic acid groups (broad SMARTS) is 1. The Kier molecular flexibility index (Phi) is 5.99. The fourth-order valence-electron chi connectivity index (χ4n) is 2.33. The van der Waals surface area contributed by atoms with E-state index in [9.17, 15) is 9.59 Å². The summed E-state index contributed by atoms with van der Waals surface area (Å²) in [4.78, 5) is 44.2. The monoisotopic (exact) mass is 509 g/mol. The number of carbonyl (C=O) groups is 2. The van der Waals surface area contributed by atoms with Gasteiger partial charge in [0.15, 0.2) is 11.3 Å². The number of hydrogen-bond donors (Lipinski definition) is 4. The minimum absolute atomic E-state index is 0.129. The predicted octanol–water partition coefficient (Wildman–Crippen LogP) is 2.89. The number of aromatic amines is 2. The third-order valence-electron chi connectivity index (χ3n) is 3.52. The van der Waals surface area contributed by atoms with Crippen LogP contribution in [-0.4, -0.2) is 53.4 Å². The predicted molar refractivity (Wildman–Crippen MR) is 108 cm³/mol. The third-order valence-corrected chi connectivity index (χ3v) is 4.28. The Bertz CT molecular complexity index is 1170. The molecule has 4 N–H and O–H groups in total. The molecular weight excluding hydrogens is 498 g/mol. The van der Waals surface area contributed by atoms with Crippen molar-refractivity contribution in [3.63, 3.8) is 0 Å². The number of aromatic carboxylic acids is 1. The average Bonchev–Trinajstić information content (AvgIpc) is 3.25. The molecule has 0 spiro atoms. The molecule has 10 nitrogen and oxygen atoms in total. The summed E-state index contributed by atoms with van der Waals surface area (Å²) in [5, 5.41) is 11.5. The van der Waals surface area contributed by atoms with Gasteiger partial charge in [0.2, 0.25) is 0 Å². The Balaban J connectivity index is 0.000000162. The maximum absolute atomic E-state index is 11.6. The van der Waals surface area contributed by atoms with Crippen molar-refractivity contribution >= 4 is 66.1 Å². The van der Waals surface area contributed by atoms with Gasteiger partial charge in [-0.2, -0.15) is 0 Å². The molecule has 0 saturated carbocycles. The van der Waals surface area contributed by atoms with Crippen molar-refractivity contribution in [3.05, 3.63) is 45.1 Å². The summed E-state index contributed by atoms with van der Waals surface area (Å²) >= 11 is 6.34. The number of carboxylic acids is 1. The van der Waals surface area contributed by atoms with E-state index in [1.54, 1.807) is 12.4 Å². The first-order chi connectivity index (χ1) is 13.4. The number of H-pyrrole nitrogens is 2. The lowest BCUT2D eigenvalue weighted by Gasteiger charge is -1.98. The number of carbonyl (C=O) groups excluding carboxylic acids is 1. The normalized spacial score (nSPS) is 10.5. The summed E-state index contributed by atoms with van der Waals surface area (Å²) in [5.74, 6) is -1.16. The molecule has 144 valence electrons. The molecule has 0 radical (unpaired) electrons. The van der Waals surface area contributed by atoms with Gasteiger partial charge in [-0.3, -0.25) is 4.79 Å². The number of halogens is 2. The Morgan fingerprint density at radius 1 is 1.00 bits per heavy atom. The van der Waals surface area contributed by atoms with E-state index in [2.05, 4.69) is 67.1 Å². The topological polar surface area (TPSA) is 150 Å². The van der Waals surface area contributed by atoms with E-state index < -0.39 is 5.97 Å². The van der Waals surface area contributed by atoms with Crippen LogP contribution in [0.25, 0.3) is 22.3 Å². The molecule has 0 aliphatic heterocycles. The summed E-state index contributed by atoms with van der Waals surface area (Å²) in [6.45, 7) is 2.46. The largest absolute Gasteiger partial charge is 0.478 e. The lowest BCUT2D eigenvalue weighted by atomic mass is 10.3. The van der Waals surface area contributed by atoms with E-state index in [1.165, 1.54) is 12.4 Å². The van der Waals surface area contributed by atoms with Crippen LogP contribution < -0.4 is 5.32 Å². The highest BCUT2D eigenvalue weighted by atomic mass is 79.9. The number of fused-ring (bicyclic) bond motifs is 2. The first-order valence-electron chi connectivity index (χ1n) is 7.91. The van der Waals surface area contributed by atoms with Crippen molar-refractivity contribution in [2.24, 2.45) is 0 Å². The second-order valence-corrected chi connectivity index (χ2v) is 6.97. The summed E-state index contributed by atoms with van der Waals surface area (Å²) in [5.41, 5.74) is 2.67. The van der Waals surface area contributed by atoms with Gasteiger partial charge in [0.25, 0.3) is 5.91 Å². The fraction of sp³-hybridized carbons (Fsp3) is 0.125. The third kappa shape index (κ3) is 4.17. The van der Waals surface area contributed by atoms with Gasteiger partial charge in [0, 0.05) is 18.9 Å². The molecule has 0 bridgehead atoms. The van der Waals surface area contributed by atoms with Crippen molar-refractivity contribution in [2.75, 3.05) is 6.54 Å². The Morgan fingerprint density at radius 3 is 2.00 bits per heavy atom. The van der Waals surface area contributed by atoms with Gasteiger partial charge < -0.3 is 20.4 Å². The quantitative estimate of drug-likeness (QED) is 0.331. The number of hydrogen-bond acceptors (Lipinski definition) is 6. The highest BCUT2D eigenvalue weighted by Crippen LogP contribution is 2.17. The van der Waals surface area contributed by atoms with Gasteiger partial charge in [-0.1, -0.05) is 0 Å². The summed E-state index contributed by atoms with van der Waals surface area (Å²) < 4.78 is 1.13. The first kappa shape index (κ1) is 19.9. The van der Waals surface area contributed by atoms with E-state index >= 15 is 0 Å². The van der Waals surface area contributed by atoms with Gasteiger partial charge in [0.05, 0.1) is 18.0 Å². The molecular formula is C16H13Br2N7O3. The van der Waals surface area contributed by atoms with Crippen LogP contribution in [0.2, 0.25) is 0 Å². The molecule has 12 heteroatoms. The van der Waals surface area contributed by atoms with Gasteiger partial charge in [0.1, 0.15) is 25.8 Å². The Hall–Kier alpha value is -2.86. The highest BCUT2D eigenvalue weighted by Gasteiger charge is 2.13. The number of rotatable bonds is 3. The minimum atomic E-state index is -1.02. The molecule has 4 aromatic rings. The zero-order valence-corrected chi connectivity index (χ0v) is 17.5. The lowest BCUT2D eigenvalue weighted by Crippen LogP contribution is -2.22.